The summed E-state index contributed by atoms with van der Waals surface area (Å²) in [6, 6.07) is 6.63. The predicted molar refractivity (Wildman–Crippen MR) is 96.6 cm³/mol. The van der Waals surface area contributed by atoms with Crippen LogP contribution in [0.2, 0.25) is 5.02 Å². The lowest BCUT2D eigenvalue weighted by Gasteiger charge is -2.26. The number of hydrogen-bond donors (Lipinski definition) is 1. The number of nitrogens with one attached hydrogen (secondary N) is 1. The zero-order chi connectivity index (χ0) is 17.1. The van der Waals surface area contributed by atoms with Gasteiger partial charge in [0, 0.05) is 10.6 Å². The molecule has 1 N–H and O–H groups in total. The van der Waals surface area contributed by atoms with Gasteiger partial charge in [-0.3, -0.25) is 4.79 Å². The Morgan fingerprint density at radius 1 is 1.40 bits per heavy atom. The van der Waals surface area contributed by atoms with Gasteiger partial charge >= 0.3 is 11.9 Å². The molecule has 3 rings (SSSR count). The van der Waals surface area contributed by atoms with Crippen molar-refractivity contribution < 1.29 is 23.8 Å². The van der Waals surface area contributed by atoms with Gasteiger partial charge in [-0.2, -0.15) is 0 Å². The number of carbonyl (C=O) groups is 2. The number of halogens is 2. The Labute approximate surface area is 161 Å². The van der Waals surface area contributed by atoms with Crippen molar-refractivity contribution >= 4 is 40.5 Å². The van der Waals surface area contributed by atoms with Crippen molar-refractivity contribution in [3.63, 3.8) is 0 Å². The summed E-state index contributed by atoms with van der Waals surface area (Å²) in [7, 11) is 1.44. The maximum Gasteiger partial charge on any atom is 0.335 e. The highest BCUT2D eigenvalue weighted by Crippen LogP contribution is 2.36. The third kappa shape index (κ3) is 4.34. The summed E-state index contributed by atoms with van der Waals surface area (Å²) in [4.78, 5) is 24.1. The molecule has 136 valence electrons. The van der Waals surface area contributed by atoms with Crippen molar-refractivity contribution in [2.24, 2.45) is 0 Å². The Hall–Kier alpha value is -1.57. The molecule has 0 saturated carbocycles. The smallest absolute Gasteiger partial charge is 0.335 e. The van der Waals surface area contributed by atoms with Gasteiger partial charge in [0.05, 0.1) is 13.2 Å². The highest BCUT2D eigenvalue weighted by Gasteiger charge is 2.40. The number of rotatable bonds is 5. The molecular formula is C17H19BrClNO5. The van der Waals surface area contributed by atoms with E-state index in [1.807, 2.05) is 0 Å². The van der Waals surface area contributed by atoms with E-state index in [0.29, 0.717) is 22.8 Å². The molecule has 8 heteroatoms. The maximum atomic E-state index is 12.4. The largest absolute Gasteiger partial charge is 0.497 e. The van der Waals surface area contributed by atoms with Crippen LogP contribution in [0, 0.1) is 0 Å². The minimum atomic E-state index is -0.869. The van der Waals surface area contributed by atoms with E-state index in [-0.39, 0.29) is 23.0 Å². The minimum Gasteiger partial charge on any atom is -0.497 e. The van der Waals surface area contributed by atoms with E-state index in [4.69, 9.17) is 25.8 Å². The van der Waals surface area contributed by atoms with Gasteiger partial charge < -0.3 is 19.5 Å². The molecule has 2 aliphatic heterocycles. The minimum absolute atomic E-state index is 0. The molecule has 0 radical (unpaired) electrons. The SMILES string of the molecule is Br.COC1=CC(=O)OC1C(OC(=O)[C@@H]1CCCN1)c1ccccc1Cl. The van der Waals surface area contributed by atoms with Gasteiger partial charge in [0.25, 0.3) is 0 Å². The number of ether oxygens (including phenoxy) is 3. The fraction of sp³-hybridized carbons (Fsp3) is 0.412. The third-order valence-corrected chi connectivity index (χ3v) is 4.44. The number of cyclic esters (lactones) is 1. The van der Waals surface area contributed by atoms with Crippen LogP contribution in [0.3, 0.4) is 0 Å². The van der Waals surface area contributed by atoms with Gasteiger partial charge in [-0.05, 0) is 25.5 Å². The van der Waals surface area contributed by atoms with E-state index in [0.717, 1.165) is 13.0 Å². The fourth-order valence-electron chi connectivity index (χ4n) is 2.89. The quantitative estimate of drug-likeness (QED) is 0.721. The molecule has 0 bridgehead atoms. The lowest BCUT2D eigenvalue weighted by molar-refractivity contribution is -0.164. The lowest BCUT2D eigenvalue weighted by Crippen LogP contribution is -2.36. The van der Waals surface area contributed by atoms with Crippen LogP contribution < -0.4 is 5.32 Å². The fourth-order valence-corrected chi connectivity index (χ4v) is 3.13. The monoisotopic (exact) mass is 431 g/mol. The number of methoxy groups -OCH3 is 1. The molecule has 2 unspecified atom stereocenters. The van der Waals surface area contributed by atoms with E-state index in [1.54, 1.807) is 24.3 Å². The highest BCUT2D eigenvalue weighted by atomic mass is 79.9. The van der Waals surface area contributed by atoms with Crippen LogP contribution in [-0.4, -0.2) is 37.7 Å². The van der Waals surface area contributed by atoms with Gasteiger partial charge in [0.2, 0.25) is 0 Å². The summed E-state index contributed by atoms with van der Waals surface area (Å²) >= 11 is 6.26. The van der Waals surface area contributed by atoms with Crippen molar-refractivity contribution in [2.45, 2.75) is 31.1 Å². The van der Waals surface area contributed by atoms with Crippen LogP contribution in [0.15, 0.2) is 36.1 Å². The van der Waals surface area contributed by atoms with E-state index < -0.39 is 24.1 Å². The summed E-state index contributed by atoms with van der Waals surface area (Å²) in [5.74, 6) is -0.628. The summed E-state index contributed by atoms with van der Waals surface area (Å²) < 4.78 is 16.2. The molecule has 1 fully saturated rings. The van der Waals surface area contributed by atoms with E-state index in [9.17, 15) is 9.59 Å². The standard InChI is InChI=1S/C17H18ClNO5.BrH/c1-22-13-9-14(20)23-16(13)15(10-5-2-3-6-11(10)18)24-17(21)12-7-4-8-19-12;/h2-3,5-6,9,12,15-16,19H,4,7-8H2,1H3;1H/t12-,15?,16?;/m0./s1. The number of esters is 2. The first-order valence-corrected chi connectivity index (χ1v) is 8.12. The van der Waals surface area contributed by atoms with Crippen LogP contribution in [0.5, 0.6) is 0 Å². The third-order valence-electron chi connectivity index (χ3n) is 4.09. The first-order valence-electron chi connectivity index (χ1n) is 7.74. The number of carbonyl (C=O) groups excluding carboxylic acids is 2. The molecule has 2 aliphatic rings. The van der Waals surface area contributed by atoms with Gasteiger partial charge in [-0.15, -0.1) is 17.0 Å². The Balaban J connectivity index is 0.00000225. The molecule has 0 aliphatic carbocycles. The van der Waals surface area contributed by atoms with Gasteiger partial charge in [-0.25, -0.2) is 4.79 Å². The Kier molecular flexibility index (Phi) is 6.87. The second-order valence-corrected chi connectivity index (χ2v) is 6.04. The molecule has 1 saturated heterocycles. The summed E-state index contributed by atoms with van der Waals surface area (Å²) in [5, 5.41) is 3.52. The average molecular weight is 433 g/mol. The van der Waals surface area contributed by atoms with Gasteiger partial charge in [0.1, 0.15) is 11.8 Å². The molecular weight excluding hydrogens is 414 g/mol. The van der Waals surface area contributed by atoms with Gasteiger partial charge in [-0.1, -0.05) is 29.8 Å². The average Bonchev–Trinajstić information content (AvgIpc) is 3.22. The predicted octanol–water partition coefficient (Wildman–Crippen LogP) is 2.71. The molecule has 0 spiro atoms. The van der Waals surface area contributed by atoms with Crippen molar-refractivity contribution in [3.8, 4) is 0 Å². The van der Waals surface area contributed by atoms with Gasteiger partial charge in [0.15, 0.2) is 12.2 Å². The second kappa shape index (κ2) is 8.69. The number of hydrogen-bond acceptors (Lipinski definition) is 6. The van der Waals surface area contributed by atoms with Crippen molar-refractivity contribution in [3.05, 3.63) is 46.7 Å². The molecule has 1 aromatic carbocycles. The first-order chi connectivity index (χ1) is 11.6. The van der Waals surface area contributed by atoms with E-state index in [2.05, 4.69) is 5.32 Å². The lowest BCUT2D eigenvalue weighted by atomic mass is 10.0. The summed E-state index contributed by atoms with van der Waals surface area (Å²) in [6.45, 7) is 0.776. The molecule has 0 amide bonds. The van der Waals surface area contributed by atoms with Crippen LogP contribution in [0.4, 0.5) is 0 Å². The Morgan fingerprint density at radius 2 is 2.16 bits per heavy atom. The molecule has 1 aromatic rings. The molecule has 0 aromatic heterocycles. The van der Waals surface area contributed by atoms with E-state index >= 15 is 0 Å². The molecule has 2 heterocycles. The van der Waals surface area contributed by atoms with Crippen molar-refractivity contribution in [1.82, 2.24) is 5.32 Å². The highest BCUT2D eigenvalue weighted by molar-refractivity contribution is 8.93. The van der Waals surface area contributed by atoms with Crippen LogP contribution in [0.1, 0.15) is 24.5 Å². The van der Waals surface area contributed by atoms with Crippen LogP contribution in [0.25, 0.3) is 0 Å². The van der Waals surface area contributed by atoms with Crippen LogP contribution >= 0.6 is 28.6 Å². The molecule has 6 nitrogen and oxygen atoms in total. The Bertz CT molecular complexity index is 675. The maximum absolute atomic E-state index is 12.4. The molecule has 25 heavy (non-hydrogen) atoms. The summed E-state index contributed by atoms with van der Waals surface area (Å²) in [6.07, 6.45) is 1.15. The zero-order valence-corrected chi connectivity index (χ0v) is 16.0. The Morgan fingerprint density at radius 3 is 2.80 bits per heavy atom. The zero-order valence-electron chi connectivity index (χ0n) is 13.6. The molecule has 3 atom stereocenters. The summed E-state index contributed by atoms with van der Waals surface area (Å²) in [5.41, 5.74) is 0.563. The normalized spacial score (nSPS) is 23.3. The van der Waals surface area contributed by atoms with Crippen molar-refractivity contribution in [1.29, 1.82) is 0 Å². The first kappa shape index (κ1) is 19.8. The number of benzene rings is 1. The topological polar surface area (TPSA) is 73.9 Å². The second-order valence-electron chi connectivity index (χ2n) is 5.64. The van der Waals surface area contributed by atoms with E-state index in [1.165, 1.54) is 13.2 Å². The van der Waals surface area contributed by atoms with Crippen LogP contribution in [-0.2, 0) is 23.8 Å². The van der Waals surface area contributed by atoms with Crippen molar-refractivity contribution in [2.75, 3.05) is 13.7 Å².